The smallest absolute Gasteiger partial charge is 0.410 e. The highest BCUT2D eigenvalue weighted by molar-refractivity contribution is 5.69. The summed E-state index contributed by atoms with van der Waals surface area (Å²) >= 11 is 0. The highest BCUT2D eigenvalue weighted by atomic mass is 19.3. The number of alkyl halides is 2. The van der Waals surface area contributed by atoms with Gasteiger partial charge in [-0.15, -0.1) is 0 Å². The number of ether oxygens (including phenoxy) is 2. The van der Waals surface area contributed by atoms with Gasteiger partial charge < -0.3 is 19.5 Å². The summed E-state index contributed by atoms with van der Waals surface area (Å²) in [4.78, 5) is 14.6. The maximum Gasteiger partial charge on any atom is 0.410 e. The van der Waals surface area contributed by atoms with Crippen LogP contribution in [-0.4, -0.2) is 40.4 Å². The molecule has 31 heavy (non-hydrogen) atoms. The van der Waals surface area contributed by atoms with Gasteiger partial charge in [-0.05, 0) is 49.3 Å². The summed E-state index contributed by atoms with van der Waals surface area (Å²) in [6.45, 7) is -2.71. The van der Waals surface area contributed by atoms with Gasteiger partial charge in [-0.2, -0.15) is 8.78 Å². The van der Waals surface area contributed by atoms with Crippen molar-refractivity contribution < 1.29 is 28.2 Å². The zero-order valence-corrected chi connectivity index (χ0v) is 17.3. The molecule has 0 radical (unpaired) electrons. The highest BCUT2D eigenvalue weighted by Gasteiger charge is 2.48. The van der Waals surface area contributed by atoms with E-state index in [1.54, 1.807) is 23.1 Å². The fourth-order valence-electron chi connectivity index (χ4n) is 4.98. The molecular weight excluding hydrogens is 404 g/mol. The minimum Gasteiger partial charge on any atom is -0.445 e. The van der Waals surface area contributed by atoms with E-state index in [-0.39, 0.29) is 37.0 Å². The average Bonchev–Trinajstić information content (AvgIpc) is 2.73. The van der Waals surface area contributed by atoms with Gasteiger partial charge >= 0.3 is 12.7 Å². The van der Waals surface area contributed by atoms with Crippen LogP contribution in [0.5, 0.6) is 5.75 Å². The van der Waals surface area contributed by atoms with Gasteiger partial charge in [0.1, 0.15) is 12.4 Å². The SMILES string of the molecule is O=C(OCc1ccccc1)N1C2CCCC1CC(O)(Cc1ccccc1OC(F)F)C2. The lowest BCUT2D eigenvalue weighted by Gasteiger charge is -2.51. The van der Waals surface area contributed by atoms with E-state index in [1.165, 1.54) is 6.07 Å². The number of rotatable bonds is 6. The highest BCUT2D eigenvalue weighted by Crippen LogP contribution is 2.42. The van der Waals surface area contributed by atoms with Gasteiger partial charge in [0, 0.05) is 18.5 Å². The van der Waals surface area contributed by atoms with Gasteiger partial charge in [-0.3, -0.25) is 0 Å². The number of amides is 1. The Kier molecular flexibility index (Phi) is 6.41. The number of fused-ring (bicyclic) bond motifs is 2. The number of nitrogens with zero attached hydrogens (tertiary/aromatic N) is 1. The Balaban J connectivity index is 1.45. The molecule has 0 aromatic heterocycles. The molecule has 2 bridgehead atoms. The molecule has 5 nitrogen and oxygen atoms in total. The van der Waals surface area contributed by atoms with E-state index in [9.17, 15) is 18.7 Å². The maximum absolute atomic E-state index is 12.8. The van der Waals surface area contributed by atoms with Gasteiger partial charge in [-0.1, -0.05) is 48.5 Å². The molecule has 2 heterocycles. The number of piperidine rings is 2. The Morgan fingerprint density at radius 3 is 2.39 bits per heavy atom. The van der Waals surface area contributed by atoms with Crippen LogP contribution >= 0.6 is 0 Å². The zero-order chi connectivity index (χ0) is 21.8. The number of aliphatic hydroxyl groups is 1. The topological polar surface area (TPSA) is 59.0 Å². The van der Waals surface area contributed by atoms with Crippen molar-refractivity contribution in [3.63, 3.8) is 0 Å². The molecule has 0 aliphatic carbocycles. The summed E-state index contributed by atoms with van der Waals surface area (Å²) in [6, 6.07) is 15.8. The molecule has 7 heteroatoms. The lowest BCUT2D eigenvalue weighted by molar-refractivity contribution is -0.0862. The molecule has 2 unspecified atom stereocenters. The fourth-order valence-corrected chi connectivity index (χ4v) is 4.98. The van der Waals surface area contributed by atoms with Crippen molar-refractivity contribution in [2.45, 2.75) is 69.4 Å². The molecule has 1 N–H and O–H groups in total. The predicted molar refractivity (Wildman–Crippen MR) is 111 cm³/mol. The summed E-state index contributed by atoms with van der Waals surface area (Å²) in [7, 11) is 0. The van der Waals surface area contributed by atoms with Crippen LogP contribution in [0.15, 0.2) is 54.6 Å². The lowest BCUT2D eigenvalue weighted by atomic mass is 9.73. The molecule has 0 spiro atoms. The number of carbonyl (C=O) groups is 1. The molecule has 2 aliphatic rings. The largest absolute Gasteiger partial charge is 0.445 e. The van der Waals surface area contributed by atoms with Crippen molar-refractivity contribution in [1.82, 2.24) is 4.90 Å². The second kappa shape index (κ2) is 9.22. The first-order valence-corrected chi connectivity index (χ1v) is 10.7. The van der Waals surface area contributed by atoms with Gasteiger partial charge in [-0.25, -0.2) is 4.79 Å². The normalized spacial score (nSPS) is 25.4. The van der Waals surface area contributed by atoms with Crippen molar-refractivity contribution in [3.05, 3.63) is 65.7 Å². The summed E-state index contributed by atoms with van der Waals surface area (Å²) in [5.41, 5.74) is 0.377. The third kappa shape index (κ3) is 5.15. The Morgan fingerprint density at radius 1 is 1.06 bits per heavy atom. The molecule has 2 aliphatic heterocycles. The molecule has 2 fully saturated rings. The van der Waals surface area contributed by atoms with Crippen LogP contribution in [0.3, 0.4) is 0 Å². The monoisotopic (exact) mass is 431 g/mol. The van der Waals surface area contributed by atoms with Crippen LogP contribution in [0, 0.1) is 0 Å². The van der Waals surface area contributed by atoms with Crippen molar-refractivity contribution in [3.8, 4) is 5.75 Å². The minimum atomic E-state index is -2.92. The first-order valence-electron chi connectivity index (χ1n) is 10.7. The Labute approximate surface area is 180 Å². The van der Waals surface area contributed by atoms with Gasteiger partial charge in [0.25, 0.3) is 0 Å². The van der Waals surface area contributed by atoms with Crippen LogP contribution in [0.1, 0.15) is 43.2 Å². The van der Waals surface area contributed by atoms with Crippen molar-refractivity contribution in [1.29, 1.82) is 0 Å². The summed E-state index contributed by atoms with van der Waals surface area (Å²) in [6.07, 6.45) is 3.17. The van der Waals surface area contributed by atoms with E-state index < -0.39 is 12.2 Å². The second-order valence-electron chi connectivity index (χ2n) is 8.48. The first kappa shape index (κ1) is 21.6. The van der Waals surface area contributed by atoms with E-state index in [2.05, 4.69) is 4.74 Å². The van der Waals surface area contributed by atoms with E-state index in [4.69, 9.17) is 4.74 Å². The minimum absolute atomic E-state index is 0.0841. The Bertz CT molecular complexity index is 878. The van der Waals surface area contributed by atoms with Gasteiger partial charge in [0.15, 0.2) is 0 Å². The first-order chi connectivity index (χ1) is 14.9. The molecule has 2 aromatic rings. The van der Waals surface area contributed by atoms with Crippen LogP contribution < -0.4 is 4.74 Å². The molecule has 0 saturated carbocycles. The van der Waals surface area contributed by atoms with E-state index >= 15 is 0 Å². The second-order valence-corrected chi connectivity index (χ2v) is 8.48. The quantitative estimate of drug-likeness (QED) is 0.706. The molecule has 2 saturated heterocycles. The fraction of sp³-hybridized carbons (Fsp3) is 0.458. The summed E-state index contributed by atoms with van der Waals surface area (Å²) < 4.78 is 35.7. The summed E-state index contributed by atoms with van der Waals surface area (Å²) in [5, 5.41) is 11.4. The molecule has 166 valence electrons. The van der Waals surface area contributed by atoms with Gasteiger partial charge in [0.2, 0.25) is 0 Å². The van der Waals surface area contributed by atoms with Crippen LogP contribution in [0.4, 0.5) is 13.6 Å². The average molecular weight is 431 g/mol. The third-order valence-corrected chi connectivity index (χ3v) is 6.22. The Morgan fingerprint density at radius 2 is 1.71 bits per heavy atom. The number of carbonyl (C=O) groups excluding carboxylic acids is 1. The summed E-state index contributed by atoms with van der Waals surface area (Å²) in [5.74, 6) is 0.0841. The molecular formula is C24H27F2NO4. The zero-order valence-electron chi connectivity index (χ0n) is 17.3. The number of para-hydroxylation sites is 1. The molecule has 2 atom stereocenters. The van der Waals surface area contributed by atoms with Gasteiger partial charge in [0.05, 0.1) is 5.60 Å². The molecule has 1 amide bonds. The van der Waals surface area contributed by atoms with Crippen molar-refractivity contribution >= 4 is 6.09 Å². The van der Waals surface area contributed by atoms with E-state index in [1.807, 2.05) is 30.3 Å². The number of halogens is 2. The van der Waals surface area contributed by atoms with Crippen LogP contribution in [0.25, 0.3) is 0 Å². The van der Waals surface area contributed by atoms with E-state index in [0.29, 0.717) is 18.4 Å². The standard InChI is InChI=1S/C24H27F2NO4/c25-22(26)31-21-12-5-4-9-18(21)13-24(29)14-19-10-6-11-20(15-24)27(19)23(28)30-16-17-7-2-1-3-8-17/h1-5,7-9,12,19-20,22,29H,6,10-11,13-16H2. The lowest BCUT2D eigenvalue weighted by Crippen LogP contribution is -2.60. The number of hydrogen-bond donors (Lipinski definition) is 1. The van der Waals surface area contributed by atoms with Crippen molar-refractivity contribution in [2.24, 2.45) is 0 Å². The maximum atomic E-state index is 12.8. The van der Waals surface area contributed by atoms with Crippen molar-refractivity contribution in [2.75, 3.05) is 0 Å². The van der Waals surface area contributed by atoms with E-state index in [0.717, 1.165) is 24.8 Å². The number of benzene rings is 2. The predicted octanol–water partition coefficient (Wildman–Crippen LogP) is 4.92. The molecule has 4 rings (SSSR count). The number of hydrogen-bond acceptors (Lipinski definition) is 4. The molecule has 2 aromatic carbocycles. The van der Waals surface area contributed by atoms with Crippen LogP contribution in [-0.2, 0) is 17.8 Å². The Hall–Kier alpha value is -2.67. The third-order valence-electron chi connectivity index (χ3n) is 6.22. The van der Waals surface area contributed by atoms with Crippen LogP contribution in [0.2, 0.25) is 0 Å².